The van der Waals surface area contributed by atoms with Gasteiger partial charge in [0.1, 0.15) is 42.4 Å². The van der Waals surface area contributed by atoms with E-state index in [1.807, 2.05) is 6.20 Å². The van der Waals surface area contributed by atoms with Crippen LogP contribution in [0.4, 0.5) is 8.78 Å². The van der Waals surface area contributed by atoms with Crippen LogP contribution in [0.3, 0.4) is 0 Å². The molecule has 1 aromatic heterocycles. The van der Waals surface area contributed by atoms with Crippen LogP contribution in [0.15, 0.2) is 30.5 Å². The zero-order chi connectivity index (χ0) is 18.2. The third-order valence-corrected chi connectivity index (χ3v) is 4.25. The summed E-state index contributed by atoms with van der Waals surface area (Å²) in [7, 11) is 0. The molecule has 0 bridgehead atoms. The number of hydrogen-bond donors (Lipinski definition) is 3. The molecule has 0 amide bonds. The maximum atomic E-state index is 11.9. The molecule has 8 heteroatoms. The summed E-state index contributed by atoms with van der Waals surface area (Å²) in [5.74, 6) is -0.821. The second-order valence-electron chi connectivity index (χ2n) is 6.05. The van der Waals surface area contributed by atoms with Gasteiger partial charge >= 0.3 is 0 Å². The summed E-state index contributed by atoms with van der Waals surface area (Å²) in [6.07, 6.45) is 4.60. The van der Waals surface area contributed by atoms with Gasteiger partial charge in [0.25, 0.3) is 0 Å². The molecule has 25 heavy (non-hydrogen) atoms. The van der Waals surface area contributed by atoms with Crippen LogP contribution in [0.1, 0.15) is 17.7 Å². The number of aromatic amines is 1. The molecule has 0 spiro atoms. The molecule has 5 nitrogen and oxygen atoms in total. The molecule has 3 heterocycles. The SMILES string of the molecule is C[ClH+].Fc1ccc(F)cc1.N[C@@H]1COC[C@H]([NH+]2Cc3cn[nH]c3C2)C1. The Balaban J connectivity index is 0.000000192. The van der Waals surface area contributed by atoms with Crippen LogP contribution in [-0.2, 0) is 17.8 Å². The van der Waals surface area contributed by atoms with Crippen molar-refractivity contribution < 1.29 is 30.0 Å². The van der Waals surface area contributed by atoms with E-state index < -0.39 is 11.6 Å². The van der Waals surface area contributed by atoms with Gasteiger partial charge < -0.3 is 15.4 Å². The molecule has 0 radical (unpaired) electrons. The predicted molar refractivity (Wildman–Crippen MR) is 87.8 cm³/mol. The lowest BCUT2D eigenvalue weighted by molar-refractivity contribution is -0.947. The molecular formula is C17H25ClF2N4O+2. The number of halogens is 3. The largest absolute Gasteiger partial charge is 0.374 e. The van der Waals surface area contributed by atoms with Crippen LogP contribution >= 0.6 is 0 Å². The lowest BCUT2D eigenvalue weighted by Gasteiger charge is -2.30. The number of aromatic nitrogens is 2. The van der Waals surface area contributed by atoms with Crippen molar-refractivity contribution in [3.05, 3.63) is 53.4 Å². The number of hydrogen-bond acceptors (Lipinski definition) is 3. The van der Waals surface area contributed by atoms with E-state index in [0.717, 1.165) is 57.0 Å². The Kier molecular flexibility index (Phi) is 7.77. The highest BCUT2D eigenvalue weighted by Crippen LogP contribution is 2.10. The molecule has 1 fully saturated rings. The van der Waals surface area contributed by atoms with Crippen LogP contribution in [0.25, 0.3) is 0 Å². The second kappa shape index (κ2) is 9.82. The lowest BCUT2D eigenvalue weighted by Crippen LogP contribution is -3.13. The van der Waals surface area contributed by atoms with Gasteiger partial charge in [-0.2, -0.15) is 5.10 Å². The number of benzene rings is 1. The molecule has 4 N–H and O–H groups in total. The van der Waals surface area contributed by atoms with Gasteiger partial charge in [-0.3, -0.25) is 5.10 Å². The summed E-state index contributed by atoms with van der Waals surface area (Å²) < 4.78 is 29.4. The van der Waals surface area contributed by atoms with Crippen LogP contribution < -0.4 is 10.6 Å². The molecular weight excluding hydrogens is 350 g/mol. The Morgan fingerprint density at radius 3 is 2.36 bits per heavy atom. The fourth-order valence-electron chi connectivity index (χ4n) is 3.04. The number of quaternary nitrogens is 1. The predicted octanol–water partition coefficient (Wildman–Crippen LogP) is 0.287. The highest BCUT2D eigenvalue weighted by Gasteiger charge is 2.34. The van der Waals surface area contributed by atoms with Gasteiger partial charge in [-0.1, -0.05) is 0 Å². The lowest BCUT2D eigenvalue weighted by atomic mass is 10.1. The molecule has 0 aliphatic carbocycles. The second-order valence-corrected chi connectivity index (χ2v) is 6.05. The van der Waals surface area contributed by atoms with Crippen molar-refractivity contribution in [1.29, 1.82) is 0 Å². The molecule has 1 unspecified atom stereocenters. The Labute approximate surface area is 151 Å². The maximum Gasteiger partial charge on any atom is 0.160 e. The van der Waals surface area contributed by atoms with Crippen molar-refractivity contribution in [3.63, 3.8) is 0 Å². The van der Waals surface area contributed by atoms with E-state index in [1.54, 1.807) is 11.3 Å². The van der Waals surface area contributed by atoms with E-state index in [4.69, 9.17) is 10.5 Å². The number of ether oxygens (including phenoxy) is 1. The quantitative estimate of drug-likeness (QED) is 0.628. The van der Waals surface area contributed by atoms with Crippen molar-refractivity contribution >= 4 is 0 Å². The Hall–Kier alpha value is -1.54. The molecule has 3 atom stereocenters. The average molecular weight is 375 g/mol. The van der Waals surface area contributed by atoms with Crippen molar-refractivity contribution in [2.75, 3.05) is 19.6 Å². The van der Waals surface area contributed by atoms with Gasteiger partial charge in [-0.25, -0.2) is 8.78 Å². The number of alkyl halides is 1. The minimum absolute atomic E-state index is 0.216. The third kappa shape index (κ3) is 5.74. The zero-order valence-corrected chi connectivity index (χ0v) is 15.0. The van der Waals surface area contributed by atoms with E-state index in [1.165, 1.54) is 11.3 Å². The minimum atomic E-state index is -0.411. The summed E-state index contributed by atoms with van der Waals surface area (Å²) in [5, 5.41) is 7.10. The van der Waals surface area contributed by atoms with E-state index in [-0.39, 0.29) is 6.04 Å². The van der Waals surface area contributed by atoms with Gasteiger partial charge in [0.2, 0.25) is 0 Å². The molecule has 4 rings (SSSR count). The Morgan fingerprint density at radius 2 is 1.80 bits per heavy atom. The third-order valence-electron chi connectivity index (χ3n) is 4.25. The van der Waals surface area contributed by atoms with Gasteiger partial charge in [0, 0.05) is 12.5 Å². The van der Waals surface area contributed by atoms with E-state index in [2.05, 4.69) is 21.8 Å². The smallest absolute Gasteiger partial charge is 0.160 e. The molecule has 2 aliphatic heterocycles. The van der Waals surface area contributed by atoms with E-state index in [9.17, 15) is 8.78 Å². The molecule has 1 aromatic carbocycles. The number of nitrogens with two attached hydrogens (primary N) is 1. The van der Waals surface area contributed by atoms with E-state index in [0.29, 0.717) is 6.04 Å². The fraction of sp³-hybridized carbons (Fsp3) is 0.471. The van der Waals surface area contributed by atoms with Gasteiger partial charge in [-0.05, 0) is 24.3 Å². The molecule has 2 aliphatic rings. The summed E-state index contributed by atoms with van der Waals surface area (Å²) in [4.78, 5) is 1.56. The first-order valence-corrected chi connectivity index (χ1v) is 8.94. The van der Waals surface area contributed by atoms with Gasteiger partial charge in [0.05, 0.1) is 30.7 Å². The maximum absolute atomic E-state index is 11.9. The minimum Gasteiger partial charge on any atom is -0.374 e. The topological polar surface area (TPSA) is 68.4 Å². The Bertz CT molecular complexity index is 596. The van der Waals surface area contributed by atoms with Gasteiger partial charge in [0.15, 0.2) is 6.38 Å². The fourth-order valence-corrected chi connectivity index (χ4v) is 3.04. The normalized spacial score (nSPS) is 24.4. The van der Waals surface area contributed by atoms with Crippen molar-refractivity contribution in [3.8, 4) is 0 Å². The van der Waals surface area contributed by atoms with Crippen molar-refractivity contribution in [2.24, 2.45) is 5.73 Å². The number of fused-ring (bicyclic) bond motifs is 1. The summed E-state index contributed by atoms with van der Waals surface area (Å²) in [6, 6.07) is 5.08. The first kappa shape index (κ1) is 19.8. The number of rotatable bonds is 1. The zero-order valence-electron chi connectivity index (χ0n) is 14.2. The number of nitrogens with zero attached hydrogens (tertiary/aromatic N) is 1. The molecule has 138 valence electrons. The molecule has 2 aromatic rings. The molecule has 0 saturated carbocycles. The van der Waals surface area contributed by atoms with Crippen LogP contribution in [0.2, 0.25) is 0 Å². The van der Waals surface area contributed by atoms with Crippen LogP contribution in [-0.4, -0.2) is 41.9 Å². The number of H-pyrrole nitrogens is 1. The standard InChI is InChI=1S/C10H16N4O.C6H4F2.CH4Cl/c11-8-1-9(6-15-5-8)14-3-7-2-12-13-10(7)4-14;7-5-1-2-6(8)4-3-5;1-2/h2,8-9H,1,3-6,11H2,(H,12,13);1-4H;2H,1H3/q;;+1/p+1/t8-,9+;;/m0../s1. The van der Waals surface area contributed by atoms with Crippen molar-refractivity contribution in [2.45, 2.75) is 31.6 Å². The average Bonchev–Trinajstić information content (AvgIpc) is 3.22. The highest BCUT2D eigenvalue weighted by molar-refractivity contribution is 5.16. The summed E-state index contributed by atoms with van der Waals surface area (Å²) >= 11 is 4.08. The molecule has 1 saturated heterocycles. The Morgan fingerprint density at radius 1 is 1.16 bits per heavy atom. The summed E-state index contributed by atoms with van der Waals surface area (Å²) in [5.41, 5.74) is 8.55. The van der Waals surface area contributed by atoms with Crippen LogP contribution in [0, 0.1) is 23.2 Å². The highest BCUT2D eigenvalue weighted by atomic mass is 35.5. The first-order chi connectivity index (χ1) is 12.1. The van der Waals surface area contributed by atoms with Crippen molar-refractivity contribution in [1.82, 2.24) is 10.2 Å². The van der Waals surface area contributed by atoms with Crippen LogP contribution in [0.5, 0.6) is 0 Å². The van der Waals surface area contributed by atoms with E-state index >= 15 is 0 Å². The summed E-state index contributed by atoms with van der Waals surface area (Å²) in [6.45, 7) is 3.67. The number of nitrogens with one attached hydrogen (secondary N) is 2. The first-order valence-electron chi connectivity index (χ1n) is 8.12. The monoisotopic (exact) mass is 374 g/mol. The van der Waals surface area contributed by atoms with Gasteiger partial charge in [-0.15, -0.1) is 0 Å².